The van der Waals surface area contributed by atoms with Gasteiger partial charge in [0.1, 0.15) is 18.3 Å². The molecule has 0 bridgehead atoms. The van der Waals surface area contributed by atoms with Crippen LogP contribution in [0.25, 0.3) is 16.7 Å². The Bertz CT molecular complexity index is 1450. The van der Waals surface area contributed by atoms with Gasteiger partial charge in [-0.3, -0.25) is 14.2 Å². The number of piperidine rings is 1. The van der Waals surface area contributed by atoms with Crippen molar-refractivity contribution in [1.29, 1.82) is 0 Å². The number of likely N-dealkylation sites (tertiary alicyclic amines) is 1. The second-order valence-corrected chi connectivity index (χ2v) is 9.26. The van der Waals surface area contributed by atoms with E-state index in [4.69, 9.17) is 4.74 Å². The van der Waals surface area contributed by atoms with Crippen molar-refractivity contribution in [2.45, 2.75) is 38.5 Å². The highest BCUT2D eigenvalue weighted by Crippen LogP contribution is 2.26. The first-order valence-electron chi connectivity index (χ1n) is 11.6. The van der Waals surface area contributed by atoms with Crippen molar-refractivity contribution < 1.29 is 14.6 Å². The fraction of sp³-hybridized carbons (Fsp3) is 0.375. The van der Waals surface area contributed by atoms with Gasteiger partial charge in [-0.05, 0) is 31.9 Å². The molecule has 1 saturated heterocycles. The summed E-state index contributed by atoms with van der Waals surface area (Å²) >= 11 is 0. The van der Waals surface area contributed by atoms with Gasteiger partial charge < -0.3 is 14.7 Å². The summed E-state index contributed by atoms with van der Waals surface area (Å²) in [6, 6.07) is 9.47. The van der Waals surface area contributed by atoms with Crippen LogP contribution in [0.3, 0.4) is 0 Å². The topological polar surface area (TPSA) is 120 Å². The van der Waals surface area contributed by atoms with Gasteiger partial charge in [-0.1, -0.05) is 17.7 Å². The molecular formula is C24H25N7O4. The van der Waals surface area contributed by atoms with Crippen LogP contribution in [0.1, 0.15) is 28.9 Å². The Balaban J connectivity index is 1.17. The van der Waals surface area contributed by atoms with E-state index in [1.54, 1.807) is 20.3 Å². The van der Waals surface area contributed by atoms with Gasteiger partial charge in [0.05, 0.1) is 30.6 Å². The molecule has 1 fully saturated rings. The molecule has 0 atom stereocenters. The van der Waals surface area contributed by atoms with Gasteiger partial charge in [-0.15, -0.1) is 0 Å². The number of rotatable bonds is 4. The third-order valence-corrected chi connectivity index (χ3v) is 6.79. The zero-order valence-electron chi connectivity index (χ0n) is 19.3. The third-order valence-electron chi connectivity index (χ3n) is 6.79. The summed E-state index contributed by atoms with van der Waals surface area (Å²) in [6.45, 7) is 4.05. The van der Waals surface area contributed by atoms with Crippen molar-refractivity contribution in [2.75, 3.05) is 19.7 Å². The average molecular weight is 476 g/mol. The van der Waals surface area contributed by atoms with Crippen LogP contribution in [-0.4, -0.2) is 70.3 Å². The van der Waals surface area contributed by atoms with Crippen LogP contribution in [-0.2, 0) is 13.1 Å². The van der Waals surface area contributed by atoms with Crippen LogP contribution in [0.4, 0.5) is 0 Å². The maximum atomic E-state index is 13.1. The number of aryl methyl sites for hydroxylation is 1. The van der Waals surface area contributed by atoms with Crippen molar-refractivity contribution in [2.24, 2.45) is 0 Å². The lowest BCUT2D eigenvalue weighted by Gasteiger charge is -2.38. The number of amides is 1. The van der Waals surface area contributed by atoms with Crippen LogP contribution in [0, 0.1) is 6.92 Å². The third kappa shape index (κ3) is 3.77. The second-order valence-electron chi connectivity index (χ2n) is 9.26. The molecule has 2 aliphatic rings. The molecule has 4 aromatic rings. The lowest BCUT2D eigenvalue weighted by molar-refractivity contribution is -0.0300. The van der Waals surface area contributed by atoms with Crippen LogP contribution in [0.15, 0.2) is 47.7 Å². The van der Waals surface area contributed by atoms with Crippen molar-refractivity contribution >= 4 is 16.9 Å². The van der Waals surface area contributed by atoms with Gasteiger partial charge in [0.15, 0.2) is 11.3 Å². The molecule has 0 aliphatic carbocycles. The molecule has 0 radical (unpaired) electrons. The number of benzene rings is 1. The predicted octanol–water partition coefficient (Wildman–Crippen LogP) is 1.15. The molecular weight excluding hydrogens is 450 g/mol. The van der Waals surface area contributed by atoms with Crippen LogP contribution in [0.5, 0.6) is 5.88 Å². The average Bonchev–Trinajstić information content (AvgIpc) is 3.57. The molecule has 3 aromatic heterocycles. The highest BCUT2D eigenvalue weighted by Gasteiger charge is 2.36. The van der Waals surface area contributed by atoms with Crippen molar-refractivity contribution in [1.82, 2.24) is 34.0 Å². The smallest absolute Gasteiger partial charge is 0.274 e. The van der Waals surface area contributed by atoms with Gasteiger partial charge in [-0.2, -0.15) is 10.2 Å². The summed E-state index contributed by atoms with van der Waals surface area (Å²) < 4.78 is 10.2. The Morgan fingerprint density at radius 1 is 1.17 bits per heavy atom. The zero-order valence-corrected chi connectivity index (χ0v) is 19.3. The minimum Gasteiger partial charge on any atom is -0.476 e. The van der Waals surface area contributed by atoms with E-state index in [0.29, 0.717) is 61.7 Å². The van der Waals surface area contributed by atoms with E-state index in [0.717, 1.165) is 11.3 Å². The molecule has 0 unspecified atom stereocenters. The first-order chi connectivity index (χ1) is 16.9. The van der Waals surface area contributed by atoms with Gasteiger partial charge in [0, 0.05) is 19.2 Å². The number of aliphatic hydroxyl groups is 1. The number of nitrogens with zero attached hydrogens (tertiary/aromatic N) is 7. The number of hydrogen-bond acceptors (Lipinski definition) is 7. The van der Waals surface area contributed by atoms with E-state index in [-0.39, 0.29) is 18.0 Å². The molecule has 35 heavy (non-hydrogen) atoms. The summed E-state index contributed by atoms with van der Waals surface area (Å²) in [5, 5.41) is 20.3. The summed E-state index contributed by atoms with van der Waals surface area (Å²) in [5.74, 6) is 0.427. The lowest BCUT2D eigenvalue weighted by atomic mass is 9.91. The molecule has 11 nitrogen and oxygen atoms in total. The Morgan fingerprint density at radius 2 is 1.94 bits per heavy atom. The molecule has 11 heteroatoms. The van der Waals surface area contributed by atoms with E-state index in [1.165, 1.54) is 17.1 Å². The van der Waals surface area contributed by atoms with Crippen LogP contribution in [0.2, 0.25) is 0 Å². The van der Waals surface area contributed by atoms with Gasteiger partial charge in [-0.25, -0.2) is 14.3 Å². The Kier molecular flexibility index (Phi) is 4.95. The Hall–Kier alpha value is -3.99. The monoisotopic (exact) mass is 475 g/mol. The minimum atomic E-state index is -1.12. The highest BCUT2D eigenvalue weighted by atomic mass is 16.5. The summed E-state index contributed by atoms with van der Waals surface area (Å²) in [5.41, 5.74) is 1.39. The van der Waals surface area contributed by atoms with E-state index >= 15 is 0 Å². The lowest BCUT2D eigenvalue weighted by Crippen LogP contribution is -2.49. The molecule has 5 heterocycles. The largest absolute Gasteiger partial charge is 0.476 e. The van der Waals surface area contributed by atoms with Gasteiger partial charge in [0.25, 0.3) is 11.5 Å². The number of ether oxygens (including phenoxy) is 1. The first kappa shape index (κ1) is 21.5. The molecule has 2 aliphatic heterocycles. The van der Waals surface area contributed by atoms with E-state index in [2.05, 4.69) is 15.2 Å². The number of fused-ring (bicyclic) bond motifs is 2. The molecule has 1 amide bonds. The van der Waals surface area contributed by atoms with Gasteiger partial charge in [0.2, 0.25) is 5.88 Å². The second kappa shape index (κ2) is 8.05. The van der Waals surface area contributed by atoms with E-state index in [1.807, 2.05) is 31.2 Å². The molecule has 1 N–H and O–H groups in total. The van der Waals surface area contributed by atoms with Crippen molar-refractivity contribution in [3.05, 3.63) is 64.5 Å². The predicted molar refractivity (Wildman–Crippen MR) is 126 cm³/mol. The molecule has 1 aromatic carbocycles. The molecule has 6 rings (SSSR count). The normalized spacial score (nSPS) is 16.9. The summed E-state index contributed by atoms with van der Waals surface area (Å²) in [6.07, 6.45) is 3.66. The first-order valence-corrected chi connectivity index (χ1v) is 11.6. The highest BCUT2D eigenvalue weighted by molar-refractivity contribution is 5.92. The van der Waals surface area contributed by atoms with Crippen LogP contribution >= 0.6 is 0 Å². The fourth-order valence-corrected chi connectivity index (χ4v) is 4.72. The van der Waals surface area contributed by atoms with Crippen molar-refractivity contribution in [3.63, 3.8) is 0 Å². The summed E-state index contributed by atoms with van der Waals surface area (Å²) in [4.78, 5) is 32.1. The van der Waals surface area contributed by atoms with Crippen molar-refractivity contribution in [3.8, 4) is 11.6 Å². The maximum absolute atomic E-state index is 13.1. The summed E-state index contributed by atoms with van der Waals surface area (Å²) in [7, 11) is 0. The van der Waals surface area contributed by atoms with E-state index in [9.17, 15) is 14.7 Å². The number of hydrogen-bond donors (Lipinski definition) is 1. The Labute approximate surface area is 200 Å². The van der Waals surface area contributed by atoms with Gasteiger partial charge >= 0.3 is 0 Å². The number of aromatic nitrogens is 6. The quantitative estimate of drug-likeness (QED) is 0.470. The molecule has 0 saturated carbocycles. The van der Waals surface area contributed by atoms with Crippen LogP contribution < -0.4 is 10.3 Å². The zero-order chi connectivity index (χ0) is 24.2. The standard InChI is InChI=1S/C24H25N7O4/c1-16-2-4-17(5-3-16)31-21-18(13-26-31)22(32)29(15-25-21)14-24(34)6-8-28(9-7-24)23(33)19-12-20-30(27-19)10-11-35-20/h2-5,12-13,15,34H,6-11,14H2,1H3. The molecule has 180 valence electrons. The fourth-order valence-electron chi connectivity index (χ4n) is 4.72. The minimum absolute atomic E-state index is 0.0964. The maximum Gasteiger partial charge on any atom is 0.274 e. The number of carbonyl (C=O) groups excluding carboxylic acids is 1. The SMILES string of the molecule is Cc1ccc(-n2ncc3c(=O)n(CC4(O)CCN(C(=O)c5cc6n(n5)CCO6)CC4)cnc32)cc1. The number of carbonyl (C=O) groups is 1. The van der Waals surface area contributed by atoms with E-state index < -0.39 is 5.60 Å². The molecule has 0 spiro atoms. The Morgan fingerprint density at radius 3 is 2.69 bits per heavy atom.